The molecule has 0 aliphatic heterocycles. The van der Waals surface area contributed by atoms with Gasteiger partial charge in [-0.05, 0) is 12.0 Å². The Morgan fingerprint density at radius 2 is 2.16 bits per heavy atom. The average Bonchev–Trinajstić information content (AvgIpc) is 2.45. The molecule has 0 fully saturated rings. The number of amidine groups is 1. The Hall–Kier alpha value is -2.08. The maximum Gasteiger partial charge on any atom is 0.220 e. The van der Waals surface area contributed by atoms with Gasteiger partial charge in [0.25, 0.3) is 0 Å². The van der Waals surface area contributed by atoms with Crippen LogP contribution in [0.5, 0.6) is 0 Å². The van der Waals surface area contributed by atoms with E-state index in [9.17, 15) is 4.79 Å². The number of ether oxygens (including phenoxy) is 1. The first-order chi connectivity index (χ1) is 9.19. The summed E-state index contributed by atoms with van der Waals surface area (Å²) in [6, 6.07) is 8.48. The number of carbonyl (C=O) groups is 1. The summed E-state index contributed by atoms with van der Waals surface area (Å²) in [5.41, 5.74) is 6.37. The van der Waals surface area contributed by atoms with Gasteiger partial charge in [-0.3, -0.25) is 4.79 Å². The molecule has 1 unspecified atom stereocenters. The van der Waals surface area contributed by atoms with Crippen molar-refractivity contribution in [3.63, 3.8) is 0 Å². The van der Waals surface area contributed by atoms with Crippen LogP contribution in [0.15, 0.2) is 35.5 Å². The molecular formula is C13H19N3O3. The zero-order chi connectivity index (χ0) is 14.1. The highest BCUT2D eigenvalue weighted by molar-refractivity contribution is 5.90. The maximum absolute atomic E-state index is 11.8. The molecule has 1 aromatic rings. The zero-order valence-corrected chi connectivity index (χ0v) is 10.9. The minimum atomic E-state index is -0.624. The molecule has 4 N–H and O–H groups in total. The molecule has 1 amide bonds. The molecule has 0 saturated carbocycles. The second-order valence-electron chi connectivity index (χ2n) is 4.03. The summed E-state index contributed by atoms with van der Waals surface area (Å²) in [5.74, 6) is -0.219. The van der Waals surface area contributed by atoms with Crippen molar-refractivity contribution in [2.24, 2.45) is 10.9 Å². The fourth-order valence-corrected chi connectivity index (χ4v) is 1.64. The zero-order valence-electron chi connectivity index (χ0n) is 10.9. The number of hydrogen-bond acceptors (Lipinski definition) is 4. The van der Waals surface area contributed by atoms with Gasteiger partial charge >= 0.3 is 0 Å². The smallest absolute Gasteiger partial charge is 0.220 e. The molecule has 0 bridgehead atoms. The fraction of sp³-hybridized carbons (Fsp3) is 0.385. The standard InChI is InChI=1S/C13H19N3O3/c1-19-9-5-8-11(17)15-12(13(14)16-18)10-6-3-2-4-7-10/h2-4,6-7,12,18H,5,8-9H2,1H3,(H2,14,16)(H,15,17). The maximum atomic E-state index is 11.8. The van der Waals surface area contributed by atoms with Gasteiger partial charge in [-0.2, -0.15) is 0 Å². The number of amides is 1. The second-order valence-corrected chi connectivity index (χ2v) is 4.03. The Morgan fingerprint density at radius 3 is 2.74 bits per heavy atom. The molecule has 1 aromatic carbocycles. The van der Waals surface area contributed by atoms with E-state index in [-0.39, 0.29) is 11.7 Å². The Morgan fingerprint density at radius 1 is 1.47 bits per heavy atom. The molecule has 1 atom stereocenters. The van der Waals surface area contributed by atoms with Gasteiger partial charge < -0.3 is 21.0 Å². The summed E-state index contributed by atoms with van der Waals surface area (Å²) in [5, 5.41) is 14.5. The minimum absolute atomic E-state index is 0.0497. The van der Waals surface area contributed by atoms with Gasteiger partial charge in [0.2, 0.25) is 5.91 Å². The first kappa shape index (κ1) is 15.0. The molecule has 1 rings (SSSR count). The van der Waals surface area contributed by atoms with Gasteiger partial charge in [0.15, 0.2) is 5.84 Å². The molecule has 0 aromatic heterocycles. The van der Waals surface area contributed by atoms with Crippen molar-refractivity contribution in [2.45, 2.75) is 18.9 Å². The highest BCUT2D eigenvalue weighted by Gasteiger charge is 2.18. The molecular weight excluding hydrogens is 246 g/mol. The van der Waals surface area contributed by atoms with E-state index in [0.717, 1.165) is 5.56 Å². The third-order valence-electron chi connectivity index (χ3n) is 2.60. The molecule has 19 heavy (non-hydrogen) atoms. The molecule has 104 valence electrons. The van der Waals surface area contributed by atoms with Crippen LogP contribution in [-0.2, 0) is 9.53 Å². The molecule has 0 aliphatic carbocycles. The van der Waals surface area contributed by atoms with Crippen LogP contribution in [0, 0.1) is 0 Å². The van der Waals surface area contributed by atoms with Crippen LogP contribution >= 0.6 is 0 Å². The number of benzene rings is 1. The Kier molecular flexibility index (Phi) is 6.38. The van der Waals surface area contributed by atoms with Gasteiger partial charge in [-0.25, -0.2) is 0 Å². The van der Waals surface area contributed by atoms with Crippen molar-refractivity contribution in [3.8, 4) is 0 Å². The topological polar surface area (TPSA) is 96.9 Å². The van der Waals surface area contributed by atoms with Gasteiger partial charge in [0, 0.05) is 20.1 Å². The van der Waals surface area contributed by atoms with Crippen molar-refractivity contribution in [2.75, 3.05) is 13.7 Å². The van der Waals surface area contributed by atoms with E-state index in [0.29, 0.717) is 19.4 Å². The van der Waals surface area contributed by atoms with Gasteiger partial charge in [0.1, 0.15) is 6.04 Å². The molecule has 6 nitrogen and oxygen atoms in total. The number of nitrogens with one attached hydrogen (secondary N) is 1. The highest BCUT2D eigenvalue weighted by atomic mass is 16.5. The number of methoxy groups -OCH3 is 1. The molecule has 0 spiro atoms. The van der Waals surface area contributed by atoms with Crippen molar-refractivity contribution >= 4 is 11.7 Å². The number of nitrogens with two attached hydrogens (primary N) is 1. The summed E-state index contributed by atoms with van der Waals surface area (Å²) in [6.45, 7) is 0.521. The third-order valence-corrected chi connectivity index (χ3v) is 2.60. The molecule has 0 heterocycles. The van der Waals surface area contributed by atoms with Crippen molar-refractivity contribution < 1.29 is 14.7 Å². The lowest BCUT2D eigenvalue weighted by molar-refractivity contribution is -0.121. The first-order valence-corrected chi connectivity index (χ1v) is 5.99. The normalized spacial score (nSPS) is 13.0. The summed E-state index contributed by atoms with van der Waals surface area (Å²) in [6.07, 6.45) is 0.954. The van der Waals surface area contributed by atoms with Gasteiger partial charge in [0.05, 0.1) is 0 Å². The average molecular weight is 265 g/mol. The molecule has 0 aliphatic rings. The van der Waals surface area contributed by atoms with Gasteiger partial charge in [-0.1, -0.05) is 35.5 Å². The lowest BCUT2D eigenvalue weighted by Gasteiger charge is -2.17. The summed E-state index contributed by atoms with van der Waals surface area (Å²) < 4.78 is 4.88. The second kappa shape index (κ2) is 8.10. The van der Waals surface area contributed by atoms with Crippen LogP contribution in [0.1, 0.15) is 24.4 Å². The van der Waals surface area contributed by atoms with Crippen LogP contribution in [0.25, 0.3) is 0 Å². The van der Waals surface area contributed by atoms with Crippen LogP contribution in [0.3, 0.4) is 0 Å². The Labute approximate surface area is 112 Å². The predicted octanol–water partition coefficient (Wildman–Crippen LogP) is 1.02. The van der Waals surface area contributed by atoms with Crippen LogP contribution in [0.2, 0.25) is 0 Å². The van der Waals surface area contributed by atoms with Crippen LogP contribution in [0.4, 0.5) is 0 Å². The number of hydrogen-bond donors (Lipinski definition) is 3. The summed E-state index contributed by atoms with van der Waals surface area (Å²) in [7, 11) is 1.58. The lowest BCUT2D eigenvalue weighted by Crippen LogP contribution is -2.37. The monoisotopic (exact) mass is 265 g/mol. The van der Waals surface area contributed by atoms with E-state index in [4.69, 9.17) is 15.7 Å². The van der Waals surface area contributed by atoms with E-state index in [2.05, 4.69) is 10.5 Å². The SMILES string of the molecule is COCCCC(=O)NC(C(N)=NO)c1ccccc1. The van der Waals surface area contributed by atoms with E-state index < -0.39 is 6.04 Å². The van der Waals surface area contributed by atoms with E-state index in [1.165, 1.54) is 0 Å². The molecule has 0 saturated heterocycles. The lowest BCUT2D eigenvalue weighted by atomic mass is 10.1. The van der Waals surface area contributed by atoms with Gasteiger partial charge in [-0.15, -0.1) is 0 Å². The van der Waals surface area contributed by atoms with E-state index >= 15 is 0 Å². The minimum Gasteiger partial charge on any atom is -0.409 e. The largest absolute Gasteiger partial charge is 0.409 e. The van der Waals surface area contributed by atoms with Crippen LogP contribution < -0.4 is 11.1 Å². The number of nitrogens with zero attached hydrogens (tertiary/aromatic N) is 1. The number of carbonyl (C=O) groups excluding carboxylic acids is 1. The van der Waals surface area contributed by atoms with Crippen molar-refractivity contribution in [1.29, 1.82) is 0 Å². The third kappa shape index (κ3) is 4.97. The highest BCUT2D eigenvalue weighted by Crippen LogP contribution is 2.13. The fourth-order valence-electron chi connectivity index (χ4n) is 1.64. The molecule has 6 heteroatoms. The Bertz CT molecular complexity index is 420. The van der Waals surface area contributed by atoms with E-state index in [1.54, 1.807) is 19.2 Å². The van der Waals surface area contributed by atoms with Crippen molar-refractivity contribution in [1.82, 2.24) is 5.32 Å². The summed E-state index contributed by atoms with van der Waals surface area (Å²) in [4.78, 5) is 11.8. The van der Waals surface area contributed by atoms with Crippen molar-refractivity contribution in [3.05, 3.63) is 35.9 Å². The number of oxime groups is 1. The van der Waals surface area contributed by atoms with Crippen LogP contribution in [-0.4, -0.2) is 30.7 Å². The summed E-state index contributed by atoms with van der Waals surface area (Å²) >= 11 is 0. The first-order valence-electron chi connectivity index (χ1n) is 5.99. The Balaban J connectivity index is 2.69. The quantitative estimate of drug-likeness (QED) is 0.225. The molecule has 0 radical (unpaired) electrons. The predicted molar refractivity (Wildman–Crippen MR) is 71.8 cm³/mol. The number of rotatable bonds is 7. The van der Waals surface area contributed by atoms with E-state index in [1.807, 2.05) is 18.2 Å².